The maximum Gasteiger partial charge on any atom is 0.119 e. The number of aromatic hydroxyl groups is 2. The molecular weight excluding hydrogens is 224 g/mol. The lowest BCUT2D eigenvalue weighted by molar-refractivity contribution is 0.468. The van der Waals surface area contributed by atoms with Crippen molar-refractivity contribution in [3.05, 3.63) is 47.5 Å². The van der Waals surface area contributed by atoms with E-state index < -0.39 is 0 Å². The molecule has 2 heteroatoms. The van der Waals surface area contributed by atoms with Crippen LogP contribution in [0.5, 0.6) is 11.5 Å². The number of benzene rings is 2. The molecule has 0 radical (unpaired) electrons. The third-order valence-electron chi connectivity index (χ3n) is 3.21. The highest BCUT2D eigenvalue weighted by atomic mass is 16.3. The first-order valence-electron chi connectivity index (χ1n) is 6.29. The van der Waals surface area contributed by atoms with Crippen molar-refractivity contribution in [3.8, 4) is 22.6 Å². The summed E-state index contributed by atoms with van der Waals surface area (Å²) in [5.74, 6) is 0.589. The molecule has 0 amide bonds. The van der Waals surface area contributed by atoms with E-state index in [2.05, 4.69) is 13.0 Å². The molecule has 0 aliphatic heterocycles. The van der Waals surface area contributed by atoms with E-state index in [-0.39, 0.29) is 5.75 Å². The molecule has 18 heavy (non-hydrogen) atoms. The summed E-state index contributed by atoms with van der Waals surface area (Å²) in [7, 11) is 0. The molecule has 0 aliphatic carbocycles. The van der Waals surface area contributed by atoms with Crippen LogP contribution in [0.4, 0.5) is 0 Å². The fourth-order valence-corrected chi connectivity index (χ4v) is 2.22. The molecule has 0 spiro atoms. The second-order valence-electron chi connectivity index (χ2n) is 4.40. The van der Waals surface area contributed by atoms with Gasteiger partial charge in [-0.15, -0.1) is 0 Å². The average Bonchev–Trinajstić information content (AvgIpc) is 2.37. The normalized spacial score (nSPS) is 10.6. The monoisotopic (exact) mass is 242 g/mol. The third-order valence-corrected chi connectivity index (χ3v) is 3.21. The number of hydrogen-bond donors (Lipinski definition) is 2. The fourth-order valence-electron chi connectivity index (χ4n) is 2.22. The molecule has 2 nitrogen and oxygen atoms in total. The van der Waals surface area contributed by atoms with Gasteiger partial charge in [-0.2, -0.15) is 0 Å². The van der Waals surface area contributed by atoms with Crippen LogP contribution >= 0.6 is 0 Å². The first-order valence-corrected chi connectivity index (χ1v) is 6.29. The summed E-state index contributed by atoms with van der Waals surface area (Å²) in [6.45, 7) is 4.08. The van der Waals surface area contributed by atoms with Crippen molar-refractivity contribution in [1.82, 2.24) is 0 Å². The molecule has 0 saturated carbocycles. The van der Waals surface area contributed by atoms with Crippen LogP contribution in [0.1, 0.15) is 25.0 Å². The lowest BCUT2D eigenvalue weighted by Gasteiger charge is -2.13. The van der Waals surface area contributed by atoms with Crippen molar-refractivity contribution in [2.24, 2.45) is 0 Å². The van der Waals surface area contributed by atoms with E-state index in [1.165, 1.54) is 0 Å². The minimum absolute atomic E-state index is 0.246. The molecular formula is C16H18O2. The van der Waals surface area contributed by atoms with Crippen LogP contribution in [-0.4, -0.2) is 10.2 Å². The van der Waals surface area contributed by atoms with E-state index in [1.54, 1.807) is 12.1 Å². The van der Waals surface area contributed by atoms with Crippen molar-refractivity contribution < 1.29 is 10.2 Å². The summed E-state index contributed by atoms with van der Waals surface area (Å²) in [4.78, 5) is 0. The zero-order valence-corrected chi connectivity index (χ0v) is 10.8. The molecule has 2 rings (SSSR count). The Bertz CT molecular complexity index is 559. The Labute approximate surface area is 108 Å². The second kappa shape index (κ2) is 5.13. The highest BCUT2D eigenvalue weighted by molar-refractivity contribution is 5.72. The summed E-state index contributed by atoms with van der Waals surface area (Å²) in [6.07, 6.45) is 1.64. The highest BCUT2D eigenvalue weighted by Gasteiger charge is 2.10. The predicted molar refractivity (Wildman–Crippen MR) is 74.0 cm³/mol. The van der Waals surface area contributed by atoms with Gasteiger partial charge in [-0.25, -0.2) is 0 Å². The molecule has 0 bridgehead atoms. The van der Waals surface area contributed by atoms with E-state index in [1.807, 2.05) is 25.1 Å². The largest absolute Gasteiger partial charge is 0.508 e. The van der Waals surface area contributed by atoms with Gasteiger partial charge in [-0.3, -0.25) is 0 Å². The van der Waals surface area contributed by atoms with Crippen molar-refractivity contribution in [2.75, 3.05) is 0 Å². The van der Waals surface area contributed by atoms with Gasteiger partial charge in [0.1, 0.15) is 11.5 Å². The van der Waals surface area contributed by atoms with Gasteiger partial charge in [-0.05, 0) is 47.7 Å². The molecule has 0 atom stereocenters. The minimum atomic E-state index is 0.246. The van der Waals surface area contributed by atoms with E-state index in [0.717, 1.165) is 35.1 Å². The van der Waals surface area contributed by atoms with Crippen LogP contribution in [0, 0.1) is 0 Å². The van der Waals surface area contributed by atoms with E-state index >= 15 is 0 Å². The molecule has 94 valence electrons. The topological polar surface area (TPSA) is 40.5 Å². The number of rotatable bonds is 3. The Hall–Kier alpha value is -1.96. The van der Waals surface area contributed by atoms with Gasteiger partial charge in [0.05, 0.1) is 0 Å². The van der Waals surface area contributed by atoms with Gasteiger partial charge < -0.3 is 10.2 Å². The Balaban J connectivity index is 2.64. The van der Waals surface area contributed by atoms with Crippen LogP contribution in [0.25, 0.3) is 11.1 Å². The molecule has 0 aromatic heterocycles. The highest BCUT2D eigenvalue weighted by Crippen LogP contribution is 2.33. The Morgan fingerprint density at radius 1 is 0.944 bits per heavy atom. The molecule has 0 aliphatic rings. The molecule has 2 N–H and O–H groups in total. The SMILES string of the molecule is CCc1cc(O)c(CC)c(-c2cccc(O)c2)c1. The van der Waals surface area contributed by atoms with Crippen LogP contribution in [0.2, 0.25) is 0 Å². The molecule has 0 heterocycles. The molecule has 2 aromatic carbocycles. The Kier molecular flexibility index (Phi) is 3.56. The molecule has 0 saturated heterocycles. The van der Waals surface area contributed by atoms with Gasteiger partial charge in [0.2, 0.25) is 0 Å². The van der Waals surface area contributed by atoms with Gasteiger partial charge in [0.15, 0.2) is 0 Å². The van der Waals surface area contributed by atoms with Gasteiger partial charge in [0, 0.05) is 5.56 Å². The molecule has 0 unspecified atom stereocenters. The Morgan fingerprint density at radius 2 is 1.72 bits per heavy atom. The van der Waals surface area contributed by atoms with E-state index in [0.29, 0.717) is 5.75 Å². The summed E-state index contributed by atoms with van der Waals surface area (Å²) in [6, 6.07) is 11.1. The molecule has 0 fully saturated rings. The summed E-state index contributed by atoms with van der Waals surface area (Å²) in [5, 5.41) is 19.6. The number of phenolic OH excluding ortho intramolecular Hbond substituents is 2. The lowest BCUT2D eigenvalue weighted by Crippen LogP contribution is -1.92. The van der Waals surface area contributed by atoms with Crippen molar-refractivity contribution >= 4 is 0 Å². The van der Waals surface area contributed by atoms with Crippen LogP contribution in [-0.2, 0) is 12.8 Å². The number of aryl methyl sites for hydroxylation is 1. The van der Waals surface area contributed by atoms with Crippen LogP contribution in [0.15, 0.2) is 36.4 Å². The average molecular weight is 242 g/mol. The maximum absolute atomic E-state index is 10.1. The first-order chi connectivity index (χ1) is 8.65. The van der Waals surface area contributed by atoms with E-state index in [4.69, 9.17) is 0 Å². The minimum Gasteiger partial charge on any atom is -0.508 e. The maximum atomic E-state index is 10.1. The summed E-state index contributed by atoms with van der Waals surface area (Å²) < 4.78 is 0. The first kappa shape index (κ1) is 12.5. The second-order valence-corrected chi connectivity index (χ2v) is 4.40. The standard InChI is InChI=1S/C16H18O2/c1-3-11-8-15(14(4-2)16(18)9-11)12-6-5-7-13(17)10-12/h5-10,17-18H,3-4H2,1-2H3. The van der Waals surface area contributed by atoms with Gasteiger partial charge in [-0.1, -0.05) is 32.0 Å². The third kappa shape index (κ3) is 2.33. The summed E-state index contributed by atoms with van der Waals surface area (Å²) >= 11 is 0. The van der Waals surface area contributed by atoms with Crippen molar-refractivity contribution in [2.45, 2.75) is 26.7 Å². The van der Waals surface area contributed by atoms with Crippen molar-refractivity contribution in [3.63, 3.8) is 0 Å². The zero-order chi connectivity index (χ0) is 13.1. The van der Waals surface area contributed by atoms with Gasteiger partial charge in [0.25, 0.3) is 0 Å². The number of hydrogen-bond acceptors (Lipinski definition) is 2. The lowest BCUT2D eigenvalue weighted by atomic mass is 9.94. The van der Waals surface area contributed by atoms with Crippen molar-refractivity contribution in [1.29, 1.82) is 0 Å². The predicted octanol–water partition coefficient (Wildman–Crippen LogP) is 3.89. The zero-order valence-electron chi connectivity index (χ0n) is 10.8. The van der Waals surface area contributed by atoms with Crippen LogP contribution in [0.3, 0.4) is 0 Å². The van der Waals surface area contributed by atoms with Gasteiger partial charge >= 0.3 is 0 Å². The smallest absolute Gasteiger partial charge is 0.119 e. The fraction of sp³-hybridized carbons (Fsp3) is 0.250. The quantitative estimate of drug-likeness (QED) is 0.857. The number of phenols is 2. The molecule has 2 aromatic rings. The van der Waals surface area contributed by atoms with Crippen LogP contribution < -0.4 is 0 Å². The summed E-state index contributed by atoms with van der Waals surface area (Å²) in [5.41, 5.74) is 3.98. The van der Waals surface area contributed by atoms with E-state index in [9.17, 15) is 10.2 Å². The Morgan fingerprint density at radius 3 is 2.33 bits per heavy atom.